The molecule has 1 saturated heterocycles. The van der Waals surface area contributed by atoms with Crippen molar-refractivity contribution >= 4 is 28.2 Å². The summed E-state index contributed by atoms with van der Waals surface area (Å²) in [7, 11) is 0. The Morgan fingerprint density at radius 3 is 2.84 bits per heavy atom. The van der Waals surface area contributed by atoms with Crippen molar-refractivity contribution in [1.29, 1.82) is 0 Å². The number of carbonyl (C=O) groups is 1. The number of hydrogen-bond acceptors (Lipinski definition) is 5. The van der Waals surface area contributed by atoms with Crippen LogP contribution in [0.4, 0.5) is 10.9 Å². The molecule has 0 radical (unpaired) electrons. The number of hydrogen-bond donors (Lipinski definition) is 2. The molecule has 1 aliphatic carbocycles. The van der Waals surface area contributed by atoms with E-state index in [1.54, 1.807) is 0 Å². The topological polar surface area (TPSA) is 71.2 Å². The number of rotatable bonds is 4. The standard InChI is InChI=1S/C13H20N4OS/c1-8-6-9(8)7-15-12(18)10-11(14)16-13(19-10)17-4-2-3-5-17/h8-9H,2-7,14H2,1H3,(H,15,18). The molecule has 5 nitrogen and oxygen atoms in total. The van der Waals surface area contributed by atoms with E-state index in [-0.39, 0.29) is 5.91 Å². The van der Waals surface area contributed by atoms with Crippen LogP contribution in [-0.2, 0) is 0 Å². The van der Waals surface area contributed by atoms with Crippen LogP contribution in [0.15, 0.2) is 0 Å². The lowest BCUT2D eigenvalue weighted by atomic mass is 10.3. The summed E-state index contributed by atoms with van der Waals surface area (Å²) < 4.78 is 0. The predicted octanol–water partition coefficient (Wildman–Crippen LogP) is 1.71. The lowest BCUT2D eigenvalue weighted by Gasteiger charge is -2.11. The van der Waals surface area contributed by atoms with Gasteiger partial charge in [-0.3, -0.25) is 4.79 Å². The summed E-state index contributed by atoms with van der Waals surface area (Å²) in [5.74, 6) is 1.70. The van der Waals surface area contributed by atoms with Crippen LogP contribution in [0.25, 0.3) is 0 Å². The molecule has 0 aromatic carbocycles. The molecule has 6 heteroatoms. The molecule has 2 fully saturated rings. The summed E-state index contributed by atoms with van der Waals surface area (Å²) >= 11 is 1.42. The number of nitrogens with one attached hydrogen (secondary N) is 1. The Morgan fingerprint density at radius 2 is 2.21 bits per heavy atom. The fourth-order valence-electron chi connectivity index (χ4n) is 2.51. The van der Waals surface area contributed by atoms with Gasteiger partial charge < -0.3 is 16.0 Å². The van der Waals surface area contributed by atoms with Crippen LogP contribution in [0, 0.1) is 11.8 Å². The third-order valence-corrected chi connectivity index (χ3v) is 5.16. The molecule has 2 atom stereocenters. The van der Waals surface area contributed by atoms with Gasteiger partial charge in [-0.05, 0) is 31.1 Å². The average molecular weight is 280 g/mol. The van der Waals surface area contributed by atoms with Gasteiger partial charge in [0.25, 0.3) is 5.91 Å². The second-order valence-electron chi connectivity index (χ2n) is 5.59. The van der Waals surface area contributed by atoms with Gasteiger partial charge in [-0.1, -0.05) is 18.3 Å². The molecule has 0 spiro atoms. The summed E-state index contributed by atoms with van der Waals surface area (Å²) in [6, 6.07) is 0. The number of anilines is 2. The Labute approximate surface area is 117 Å². The first kappa shape index (κ1) is 12.7. The van der Waals surface area contributed by atoms with Gasteiger partial charge in [0.1, 0.15) is 10.7 Å². The van der Waals surface area contributed by atoms with Gasteiger partial charge in [-0.2, -0.15) is 0 Å². The first-order valence-corrected chi connectivity index (χ1v) is 7.76. The van der Waals surface area contributed by atoms with Crippen LogP contribution in [-0.4, -0.2) is 30.5 Å². The lowest BCUT2D eigenvalue weighted by molar-refractivity contribution is 0.0956. The van der Waals surface area contributed by atoms with E-state index in [1.807, 2.05) is 0 Å². The van der Waals surface area contributed by atoms with Crippen molar-refractivity contribution in [2.75, 3.05) is 30.3 Å². The first-order chi connectivity index (χ1) is 9.15. The molecule has 3 N–H and O–H groups in total. The van der Waals surface area contributed by atoms with Crippen molar-refractivity contribution in [1.82, 2.24) is 10.3 Å². The van der Waals surface area contributed by atoms with Crippen molar-refractivity contribution in [2.45, 2.75) is 26.2 Å². The van der Waals surface area contributed by atoms with E-state index in [0.29, 0.717) is 16.6 Å². The van der Waals surface area contributed by atoms with E-state index >= 15 is 0 Å². The molecule has 2 unspecified atom stereocenters. The molecule has 104 valence electrons. The third kappa shape index (κ3) is 2.68. The summed E-state index contributed by atoms with van der Waals surface area (Å²) in [5.41, 5.74) is 5.87. The molecule has 1 saturated carbocycles. The van der Waals surface area contributed by atoms with Gasteiger partial charge in [-0.15, -0.1) is 0 Å². The number of amides is 1. The van der Waals surface area contributed by atoms with Gasteiger partial charge in [0.05, 0.1) is 0 Å². The second kappa shape index (κ2) is 5.00. The maximum atomic E-state index is 12.1. The van der Waals surface area contributed by atoms with E-state index in [1.165, 1.54) is 30.6 Å². The first-order valence-electron chi connectivity index (χ1n) is 6.94. The van der Waals surface area contributed by atoms with Crippen molar-refractivity contribution < 1.29 is 4.79 Å². The fourth-order valence-corrected chi connectivity index (χ4v) is 3.47. The zero-order chi connectivity index (χ0) is 13.4. The molecule has 0 bridgehead atoms. The molecule has 1 aromatic rings. The van der Waals surface area contributed by atoms with E-state index < -0.39 is 0 Å². The van der Waals surface area contributed by atoms with Crippen molar-refractivity contribution in [3.63, 3.8) is 0 Å². The summed E-state index contributed by atoms with van der Waals surface area (Å²) in [6.45, 7) is 5.01. The van der Waals surface area contributed by atoms with E-state index in [2.05, 4.69) is 22.1 Å². The highest BCUT2D eigenvalue weighted by Gasteiger charge is 2.33. The van der Waals surface area contributed by atoms with Crippen LogP contribution in [0.5, 0.6) is 0 Å². The van der Waals surface area contributed by atoms with Crippen LogP contribution < -0.4 is 16.0 Å². The van der Waals surface area contributed by atoms with Crippen molar-refractivity contribution in [3.8, 4) is 0 Å². The maximum absolute atomic E-state index is 12.1. The van der Waals surface area contributed by atoms with Crippen LogP contribution in [0.3, 0.4) is 0 Å². The van der Waals surface area contributed by atoms with Crippen LogP contribution in [0.2, 0.25) is 0 Å². The van der Waals surface area contributed by atoms with Crippen LogP contribution in [0.1, 0.15) is 35.9 Å². The second-order valence-corrected chi connectivity index (χ2v) is 6.57. The number of carbonyl (C=O) groups excluding carboxylic acids is 1. The van der Waals surface area contributed by atoms with Crippen molar-refractivity contribution in [2.24, 2.45) is 11.8 Å². The maximum Gasteiger partial charge on any atom is 0.265 e. The van der Waals surface area contributed by atoms with E-state index in [4.69, 9.17) is 5.73 Å². The Hall–Kier alpha value is -1.30. The average Bonchev–Trinajstić information content (AvgIpc) is 2.85. The fraction of sp³-hybridized carbons (Fsp3) is 0.692. The Morgan fingerprint density at radius 1 is 1.53 bits per heavy atom. The Kier molecular flexibility index (Phi) is 3.35. The normalized spacial score (nSPS) is 25.6. The largest absolute Gasteiger partial charge is 0.382 e. The number of nitrogens with two attached hydrogens (primary N) is 1. The van der Waals surface area contributed by atoms with Crippen molar-refractivity contribution in [3.05, 3.63) is 4.88 Å². The predicted molar refractivity (Wildman–Crippen MR) is 77.6 cm³/mol. The number of nitrogen functional groups attached to an aromatic ring is 1. The molecule has 2 aliphatic rings. The molecular weight excluding hydrogens is 260 g/mol. The highest BCUT2D eigenvalue weighted by atomic mass is 32.1. The molecule has 1 aliphatic heterocycles. The number of thiazole rings is 1. The van der Waals surface area contributed by atoms with Gasteiger partial charge >= 0.3 is 0 Å². The van der Waals surface area contributed by atoms with Gasteiger partial charge in [0.15, 0.2) is 5.13 Å². The minimum Gasteiger partial charge on any atom is -0.382 e. The molecule has 3 rings (SSSR count). The quantitative estimate of drug-likeness (QED) is 0.881. The highest BCUT2D eigenvalue weighted by molar-refractivity contribution is 7.18. The van der Waals surface area contributed by atoms with Gasteiger partial charge in [0.2, 0.25) is 0 Å². The Balaban J connectivity index is 1.64. The smallest absolute Gasteiger partial charge is 0.265 e. The summed E-state index contributed by atoms with van der Waals surface area (Å²) in [6.07, 6.45) is 3.61. The molecule has 1 amide bonds. The molecule has 1 aromatic heterocycles. The van der Waals surface area contributed by atoms with E-state index in [9.17, 15) is 4.79 Å². The molecule has 19 heavy (non-hydrogen) atoms. The van der Waals surface area contributed by atoms with E-state index in [0.717, 1.165) is 30.7 Å². The molecular formula is C13H20N4OS. The SMILES string of the molecule is CC1CC1CNC(=O)c1sc(N2CCCC2)nc1N. The molecule has 2 heterocycles. The summed E-state index contributed by atoms with van der Waals surface area (Å²) in [4.78, 5) is 19.2. The highest BCUT2D eigenvalue weighted by Crippen LogP contribution is 2.37. The minimum absolute atomic E-state index is 0.0699. The lowest BCUT2D eigenvalue weighted by Crippen LogP contribution is -2.25. The zero-order valence-electron chi connectivity index (χ0n) is 11.2. The van der Waals surface area contributed by atoms with Crippen LogP contribution >= 0.6 is 11.3 Å². The Bertz CT molecular complexity index is 481. The zero-order valence-corrected chi connectivity index (χ0v) is 12.0. The minimum atomic E-state index is -0.0699. The van der Waals surface area contributed by atoms with Gasteiger partial charge in [0, 0.05) is 19.6 Å². The monoisotopic (exact) mass is 280 g/mol. The van der Waals surface area contributed by atoms with Gasteiger partial charge in [-0.25, -0.2) is 4.98 Å². The number of nitrogens with zero attached hydrogens (tertiary/aromatic N) is 2. The number of aromatic nitrogens is 1. The third-order valence-electron chi connectivity index (χ3n) is 4.03. The summed E-state index contributed by atoms with van der Waals surface area (Å²) in [5, 5.41) is 3.86.